The Bertz CT molecular complexity index is 609. The van der Waals surface area contributed by atoms with Crippen LogP contribution >= 0.6 is 0 Å². The number of Topliss-reactive ketones (excluding diaryl/α,β-unsaturated/α-hetero) is 1. The van der Waals surface area contributed by atoms with Crippen molar-refractivity contribution in [3.63, 3.8) is 0 Å². The zero-order valence-corrected chi connectivity index (χ0v) is 9.90. The van der Waals surface area contributed by atoms with E-state index < -0.39 is 4.92 Å². The lowest BCUT2D eigenvalue weighted by atomic mass is 10.1. The summed E-state index contributed by atoms with van der Waals surface area (Å²) in [5, 5.41) is 14.2. The summed E-state index contributed by atoms with van der Waals surface area (Å²) in [4.78, 5) is 25.3. The molecule has 0 radical (unpaired) electrons. The van der Waals surface area contributed by atoms with Gasteiger partial charge >= 0.3 is 0 Å². The van der Waals surface area contributed by atoms with E-state index in [4.69, 9.17) is 4.74 Å². The van der Waals surface area contributed by atoms with E-state index in [0.29, 0.717) is 5.82 Å². The van der Waals surface area contributed by atoms with Crippen molar-refractivity contribution in [1.29, 1.82) is 0 Å². The maximum absolute atomic E-state index is 11.4. The van der Waals surface area contributed by atoms with E-state index in [-0.39, 0.29) is 29.4 Å². The molecule has 0 saturated carbocycles. The van der Waals surface area contributed by atoms with Crippen LogP contribution in [0.5, 0.6) is 5.75 Å². The minimum atomic E-state index is -0.574. The quantitative estimate of drug-likeness (QED) is 0.459. The highest BCUT2D eigenvalue weighted by Crippen LogP contribution is 2.25. The molecule has 0 spiro atoms. The molecule has 0 bridgehead atoms. The van der Waals surface area contributed by atoms with Gasteiger partial charge in [0.2, 0.25) is 12.2 Å². The van der Waals surface area contributed by atoms with Crippen LogP contribution in [0.15, 0.2) is 29.1 Å². The van der Waals surface area contributed by atoms with Gasteiger partial charge in [0.25, 0.3) is 5.69 Å². The normalized spacial score (nSPS) is 10.2. The molecule has 8 heteroatoms. The first kappa shape index (κ1) is 12.7. The standard InChI is InChI=1S/C11H9N3O5/c1-7(15)9-4-8(14(16)17)2-3-10(9)18-5-11-12-6-19-13-11/h2-4,6H,5H2,1H3. The third-order valence-electron chi connectivity index (χ3n) is 2.32. The lowest BCUT2D eigenvalue weighted by Crippen LogP contribution is -2.03. The number of ketones is 1. The van der Waals surface area contributed by atoms with Crippen LogP contribution in [0.1, 0.15) is 23.1 Å². The zero-order chi connectivity index (χ0) is 13.8. The average molecular weight is 263 g/mol. The fraction of sp³-hybridized carbons (Fsp3) is 0.182. The Labute approximate surface area is 107 Å². The molecule has 0 N–H and O–H groups in total. The molecule has 2 aromatic rings. The fourth-order valence-electron chi connectivity index (χ4n) is 1.43. The minimum Gasteiger partial charge on any atom is -0.485 e. The van der Waals surface area contributed by atoms with Crippen molar-refractivity contribution >= 4 is 11.5 Å². The van der Waals surface area contributed by atoms with Gasteiger partial charge in [-0.3, -0.25) is 14.9 Å². The topological polar surface area (TPSA) is 108 Å². The predicted octanol–water partition coefficient (Wildman–Crippen LogP) is 1.76. The molecular weight excluding hydrogens is 254 g/mol. The number of benzene rings is 1. The maximum Gasteiger partial charge on any atom is 0.270 e. The van der Waals surface area contributed by atoms with Gasteiger partial charge in [0, 0.05) is 12.1 Å². The Hall–Kier alpha value is -2.77. The van der Waals surface area contributed by atoms with E-state index in [0.717, 1.165) is 6.39 Å². The molecule has 1 aromatic carbocycles. The highest BCUT2D eigenvalue weighted by molar-refractivity contribution is 5.97. The third-order valence-corrected chi connectivity index (χ3v) is 2.32. The smallest absolute Gasteiger partial charge is 0.270 e. The predicted molar refractivity (Wildman–Crippen MR) is 61.7 cm³/mol. The monoisotopic (exact) mass is 263 g/mol. The molecule has 0 aliphatic carbocycles. The molecule has 8 nitrogen and oxygen atoms in total. The summed E-state index contributed by atoms with van der Waals surface area (Å²) in [7, 11) is 0. The molecule has 0 aliphatic heterocycles. The fourth-order valence-corrected chi connectivity index (χ4v) is 1.43. The Kier molecular flexibility index (Phi) is 3.51. The number of hydrogen-bond donors (Lipinski definition) is 0. The lowest BCUT2D eigenvalue weighted by Gasteiger charge is -2.07. The second-order valence-corrected chi connectivity index (χ2v) is 3.63. The summed E-state index contributed by atoms with van der Waals surface area (Å²) < 4.78 is 9.88. The molecule has 0 fully saturated rings. The second-order valence-electron chi connectivity index (χ2n) is 3.63. The van der Waals surface area contributed by atoms with Crippen molar-refractivity contribution in [1.82, 2.24) is 10.1 Å². The number of nitrogens with zero attached hydrogens (tertiary/aromatic N) is 3. The van der Waals surface area contributed by atoms with Gasteiger partial charge in [-0.2, -0.15) is 4.98 Å². The molecule has 2 rings (SSSR count). The van der Waals surface area contributed by atoms with Crippen molar-refractivity contribution < 1.29 is 19.0 Å². The van der Waals surface area contributed by atoms with Crippen molar-refractivity contribution in [3.8, 4) is 5.75 Å². The van der Waals surface area contributed by atoms with Gasteiger partial charge in [-0.1, -0.05) is 5.16 Å². The van der Waals surface area contributed by atoms with Crippen LogP contribution in [-0.4, -0.2) is 20.8 Å². The molecule has 0 saturated heterocycles. The third kappa shape index (κ3) is 2.92. The van der Waals surface area contributed by atoms with E-state index in [9.17, 15) is 14.9 Å². The van der Waals surface area contributed by atoms with E-state index in [1.165, 1.54) is 25.1 Å². The van der Waals surface area contributed by atoms with E-state index >= 15 is 0 Å². The van der Waals surface area contributed by atoms with Gasteiger partial charge in [0.1, 0.15) is 5.75 Å². The van der Waals surface area contributed by atoms with Crippen molar-refractivity contribution in [2.75, 3.05) is 0 Å². The van der Waals surface area contributed by atoms with Gasteiger partial charge < -0.3 is 9.26 Å². The van der Waals surface area contributed by atoms with Crippen LogP contribution in [0.4, 0.5) is 5.69 Å². The van der Waals surface area contributed by atoms with E-state index in [2.05, 4.69) is 14.7 Å². The molecule has 0 amide bonds. The van der Waals surface area contributed by atoms with Crippen LogP contribution < -0.4 is 4.74 Å². The number of nitro groups is 1. The van der Waals surface area contributed by atoms with Gasteiger partial charge in [0.15, 0.2) is 12.4 Å². The number of carbonyl (C=O) groups is 1. The first-order chi connectivity index (χ1) is 9.08. The molecule has 0 atom stereocenters. The van der Waals surface area contributed by atoms with Crippen LogP contribution in [0, 0.1) is 10.1 Å². The number of carbonyl (C=O) groups excluding carboxylic acids is 1. The van der Waals surface area contributed by atoms with Crippen molar-refractivity contribution in [3.05, 3.63) is 46.1 Å². The minimum absolute atomic E-state index is 0.00852. The van der Waals surface area contributed by atoms with E-state index in [1.807, 2.05) is 0 Å². The number of ether oxygens (including phenoxy) is 1. The first-order valence-corrected chi connectivity index (χ1v) is 5.25. The van der Waals surface area contributed by atoms with Crippen LogP contribution in [0.3, 0.4) is 0 Å². The Morgan fingerprint density at radius 1 is 1.53 bits per heavy atom. The molecule has 0 unspecified atom stereocenters. The number of nitro benzene ring substituents is 1. The lowest BCUT2D eigenvalue weighted by molar-refractivity contribution is -0.384. The summed E-state index contributed by atoms with van der Waals surface area (Å²) >= 11 is 0. The molecule has 19 heavy (non-hydrogen) atoms. The van der Waals surface area contributed by atoms with Crippen molar-refractivity contribution in [2.24, 2.45) is 0 Å². The Balaban J connectivity index is 2.24. The van der Waals surface area contributed by atoms with Crippen LogP contribution in [0.25, 0.3) is 0 Å². The Morgan fingerprint density at radius 3 is 2.89 bits per heavy atom. The maximum atomic E-state index is 11.4. The average Bonchev–Trinajstić information content (AvgIpc) is 2.89. The largest absolute Gasteiger partial charge is 0.485 e. The summed E-state index contributed by atoms with van der Waals surface area (Å²) in [5.74, 6) is 0.225. The second kappa shape index (κ2) is 5.25. The molecule has 1 heterocycles. The highest BCUT2D eigenvalue weighted by Gasteiger charge is 2.15. The van der Waals surface area contributed by atoms with Gasteiger partial charge in [-0.15, -0.1) is 0 Å². The van der Waals surface area contributed by atoms with Gasteiger partial charge in [-0.25, -0.2) is 0 Å². The van der Waals surface area contributed by atoms with Crippen LogP contribution in [0.2, 0.25) is 0 Å². The number of hydrogen-bond acceptors (Lipinski definition) is 7. The number of rotatable bonds is 5. The van der Waals surface area contributed by atoms with Crippen LogP contribution in [-0.2, 0) is 6.61 Å². The molecule has 98 valence electrons. The summed E-state index contributed by atoms with van der Waals surface area (Å²) in [6.45, 7) is 1.31. The summed E-state index contributed by atoms with van der Waals surface area (Å²) in [6, 6.07) is 3.81. The van der Waals surface area contributed by atoms with Gasteiger partial charge in [-0.05, 0) is 13.0 Å². The summed E-state index contributed by atoms with van der Waals surface area (Å²) in [5.41, 5.74) is -0.0326. The Morgan fingerprint density at radius 2 is 2.32 bits per heavy atom. The van der Waals surface area contributed by atoms with Gasteiger partial charge in [0.05, 0.1) is 10.5 Å². The SMILES string of the molecule is CC(=O)c1cc([N+](=O)[O-])ccc1OCc1ncon1. The molecule has 0 aliphatic rings. The zero-order valence-electron chi connectivity index (χ0n) is 9.90. The number of non-ortho nitro benzene ring substituents is 1. The molecule has 1 aromatic heterocycles. The highest BCUT2D eigenvalue weighted by atomic mass is 16.6. The van der Waals surface area contributed by atoms with E-state index in [1.54, 1.807) is 0 Å². The molecular formula is C11H9N3O5. The summed E-state index contributed by atoms with van der Waals surface area (Å²) in [6.07, 6.45) is 1.15. The number of aromatic nitrogens is 2. The first-order valence-electron chi connectivity index (χ1n) is 5.25. The van der Waals surface area contributed by atoms with Crippen molar-refractivity contribution in [2.45, 2.75) is 13.5 Å².